The Kier molecular flexibility index (Phi) is 2.44. The summed E-state index contributed by atoms with van der Waals surface area (Å²) >= 11 is 0. The number of benzene rings is 1. The first kappa shape index (κ1) is 10.4. The topological polar surface area (TPSA) is 69.2 Å². The Hall–Kier alpha value is -2.17. The van der Waals surface area contributed by atoms with E-state index in [2.05, 4.69) is 5.16 Å². The van der Waals surface area contributed by atoms with Gasteiger partial charge >= 0.3 is 5.69 Å². The second kappa shape index (κ2) is 3.77. The molecule has 1 aromatic carbocycles. The van der Waals surface area contributed by atoms with Crippen LogP contribution in [-0.4, -0.2) is 10.1 Å². The first-order valence-electron chi connectivity index (χ1n) is 4.77. The third-order valence-electron chi connectivity index (χ3n) is 2.34. The van der Waals surface area contributed by atoms with Crippen LogP contribution >= 0.6 is 0 Å². The van der Waals surface area contributed by atoms with Crippen molar-refractivity contribution in [2.45, 2.75) is 13.8 Å². The fourth-order valence-corrected chi connectivity index (χ4v) is 1.48. The van der Waals surface area contributed by atoms with Crippen molar-refractivity contribution in [1.29, 1.82) is 0 Å². The summed E-state index contributed by atoms with van der Waals surface area (Å²) in [5.41, 5.74) is 1.99. The van der Waals surface area contributed by atoms with Gasteiger partial charge in [0.15, 0.2) is 5.69 Å². The fourth-order valence-electron chi connectivity index (χ4n) is 1.48. The van der Waals surface area contributed by atoms with E-state index in [0.29, 0.717) is 5.56 Å². The van der Waals surface area contributed by atoms with Gasteiger partial charge in [-0.1, -0.05) is 35.0 Å². The Morgan fingerprint density at radius 3 is 2.44 bits per heavy atom. The summed E-state index contributed by atoms with van der Waals surface area (Å²) in [5.74, 6) is 0.223. The molecule has 2 rings (SSSR count). The van der Waals surface area contributed by atoms with Crippen molar-refractivity contribution >= 4 is 5.69 Å². The van der Waals surface area contributed by atoms with Crippen LogP contribution in [0.3, 0.4) is 0 Å². The minimum absolute atomic E-state index is 0.0659. The van der Waals surface area contributed by atoms with E-state index in [0.717, 1.165) is 5.56 Å². The summed E-state index contributed by atoms with van der Waals surface area (Å²) < 4.78 is 4.85. The summed E-state index contributed by atoms with van der Waals surface area (Å²) in [5, 5.41) is 14.6. The summed E-state index contributed by atoms with van der Waals surface area (Å²) in [4.78, 5) is 10.4. The van der Waals surface area contributed by atoms with Gasteiger partial charge in [0.05, 0.1) is 4.92 Å². The van der Waals surface area contributed by atoms with E-state index < -0.39 is 4.92 Å². The van der Waals surface area contributed by atoms with Crippen LogP contribution in [-0.2, 0) is 0 Å². The van der Waals surface area contributed by atoms with Crippen LogP contribution in [0.5, 0.6) is 0 Å². The Balaban J connectivity index is 2.56. The molecule has 0 saturated heterocycles. The average molecular weight is 218 g/mol. The van der Waals surface area contributed by atoms with Crippen LogP contribution in [0, 0.1) is 24.0 Å². The lowest BCUT2D eigenvalue weighted by Crippen LogP contribution is -1.91. The van der Waals surface area contributed by atoms with E-state index in [1.165, 1.54) is 6.92 Å². The quantitative estimate of drug-likeness (QED) is 0.574. The highest BCUT2D eigenvalue weighted by Crippen LogP contribution is 2.31. The molecule has 1 aromatic heterocycles. The first-order valence-corrected chi connectivity index (χ1v) is 4.77. The van der Waals surface area contributed by atoms with Crippen LogP contribution in [0.2, 0.25) is 0 Å². The maximum atomic E-state index is 10.8. The predicted octanol–water partition coefficient (Wildman–Crippen LogP) is 2.87. The number of hydrogen-bond donors (Lipinski definition) is 0. The third-order valence-corrected chi connectivity index (χ3v) is 2.34. The van der Waals surface area contributed by atoms with Crippen molar-refractivity contribution < 1.29 is 9.45 Å². The molecule has 0 aliphatic rings. The van der Waals surface area contributed by atoms with E-state index in [1.807, 2.05) is 19.1 Å². The van der Waals surface area contributed by atoms with Crippen LogP contribution in [0.15, 0.2) is 28.8 Å². The van der Waals surface area contributed by atoms with Gasteiger partial charge in [0.2, 0.25) is 5.76 Å². The lowest BCUT2D eigenvalue weighted by atomic mass is 10.1. The first-order chi connectivity index (χ1) is 7.59. The molecule has 0 unspecified atom stereocenters. The minimum atomic E-state index is -0.471. The second-order valence-corrected chi connectivity index (χ2v) is 3.56. The molecule has 1 heterocycles. The van der Waals surface area contributed by atoms with E-state index in [-0.39, 0.29) is 17.1 Å². The van der Waals surface area contributed by atoms with Gasteiger partial charge in [0.1, 0.15) is 0 Å². The van der Waals surface area contributed by atoms with E-state index in [1.54, 1.807) is 12.1 Å². The maximum absolute atomic E-state index is 10.8. The molecule has 0 amide bonds. The molecule has 5 heteroatoms. The molecule has 0 saturated carbocycles. The molecule has 0 aliphatic carbocycles. The molecule has 82 valence electrons. The zero-order chi connectivity index (χ0) is 11.7. The average Bonchev–Trinajstić information content (AvgIpc) is 2.61. The van der Waals surface area contributed by atoms with Gasteiger partial charge < -0.3 is 4.52 Å². The SMILES string of the molecule is Cc1ccc(-c2noc(C)c2[N+](=O)[O-])cc1. The number of nitro groups is 1. The standard InChI is InChI=1S/C11H10N2O3/c1-7-3-5-9(6-4-7)10-11(13(14)15)8(2)16-12-10/h3-6H,1-2H3. The van der Waals surface area contributed by atoms with Gasteiger partial charge in [-0.2, -0.15) is 0 Å². The van der Waals surface area contributed by atoms with Gasteiger partial charge in [0, 0.05) is 12.5 Å². The highest BCUT2D eigenvalue weighted by Gasteiger charge is 2.24. The molecule has 0 atom stereocenters. The Morgan fingerprint density at radius 1 is 1.25 bits per heavy atom. The van der Waals surface area contributed by atoms with Crippen molar-refractivity contribution in [2.75, 3.05) is 0 Å². The summed E-state index contributed by atoms with van der Waals surface area (Å²) in [6, 6.07) is 7.34. The monoisotopic (exact) mass is 218 g/mol. The summed E-state index contributed by atoms with van der Waals surface area (Å²) in [6.45, 7) is 3.48. The number of aryl methyl sites for hydroxylation is 2. The summed E-state index contributed by atoms with van der Waals surface area (Å²) in [6.07, 6.45) is 0. The third kappa shape index (κ3) is 1.67. The van der Waals surface area contributed by atoms with Crippen molar-refractivity contribution in [3.05, 3.63) is 45.7 Å². The molecule has 16 heavy (non-hydrogen) atoms. The Labute approximate surface area is 91.8 Å². The largest absolute Gasteiger partial charge is 0.354 e. The van der Waals surface area contributed by atoms with Crippen molar-refractivity contribution in [3.8, 4) is 11.3 Å². The Morgan fingerprint density at radius 2 is 1.88 bits per heavy atom. The van der Waals surface area contributed by atoms with Crippen molar-refractivity contribution in [3.63, 3.8) is 0 Å². The molecule has 5 nitrogen and oxygen atoms in total. The minimum Gasteiger partial charge on any atom is -0.354 e. The zero-order valence-corrected chi connectivity index (χ0v) is 8.93. The molecule has 0 radical (unpaired) electrons. The highest BCUT2D eigenvalue weighted by atomic mass is 16.6. The van der Waals surface area contributed by atoms with Gasteiger partial charge in [-0.15, -0.1) is 0 Å². The van der Waals surface area contributed by atoms with E-state index >= 15 is 0 Å². The van der Waals surface area contributed by atoms with Crippen LogP contribution in [0.25, 0.3) is 11.3 Å². The number of nitrogens with zero attached hydrogens (tertiary/aromatic N) is 2. The lowest BCUT2D eigenvalue weighted by molar-refractivity contribution is -0.385. The number of hydrogen-bond acceptors (Lipinski definition) is 4. The van der Waals surface area contributed by atoms with Gasteiger partial charge in [-0.05, 0) is 6.92 Å². The molecular weight excluding hydrogens is 208 g/mol. The van der Waals surface area contributed by atoms with Gasteiger partial charge in [-0.25, -0.2) is 0 Å². The number of aromatic nitrogens is 1. The van der Waals surface area contributed by atoms with Gasteiger partial charge in [-0.3, -0.25) is 10.1 Å². The highest BCUT2D eigenvalue weighted by molar-refractivity contribution is 5.70. The molecule has 0 fully saturated rings. The maximum Gasteiger partial charge on any atom is 0.339 e. The smallest absolute Gasteiger partial charge is 0.339 e. The van der Waals surface area contributed by atoms with Crippen molar-refractivity contribution in [1.82, 2.24) is 5.16 Å². The predicted molar refractivity (Wildman–Crippen MR) is 58.1 cm³/mol. The molecule has 0 aliphatic heterocycles. The molecule has 2 aromatic rings. The van der Waals surface area contributed by atoms with Gasteiger partial charge in [0.25, 0.3) is 0 Å². The van der Waals surface area contributed by atoms with Crippen molar-refractivity contribution in [2.24, 2.45) is 0 Å². The second-order valence-electron chi connectivity index (χ2n) is 3.56. The molecule has 0 N–H and O–H groups in total. The van der Waals surface area contributed by atoms with Crippen LogP contribution < -0.4 is 0 Å². The van der Waals surface area contributed by atoms with Crippen LogP contribution in [0.4, 0.5) is 5.69 Å². The lowest BCUT2D eigenvalue weighted by Gasteiger charge is -1.96. The van der Waals surface area contributed by atoms with E-state index in [9.17, 15) is 10.1 Å². The molecule has 0 bridgehead atoms. The molecule has 0 spiro atoms. The molecular formula is C11H10N2O3. The fraction of sp³-hybridized carbons (Fsp3) is 0.182. The van der Waals surface area contributed by atoms with Crippen LogP contribution in [0.1, 0.15) is 11.3 Å². The normalized spacial score (nSPS) is 10.4. The Bertz CT molecular complexity index is 529. The van der Waals surface area contributed by atoms with E-state index in [4.69, 9.17) is 4.52 Å². The zero-order valence-electron chi connectivity index (χ0n) is 8.93. The number of rotatable bonds is 2. The summed E-state index contributed by atoms with van der Waals surface area (Å²) in [7, 11) is 0.